The van der Waals surface area contributed by atoms with Crippen molar-refractivity contribution < 1.29 is 14.3 Å². The fraction of sp³-hybridized carbons (Fsp3) is 0.375. The van der Waals surface area contributed by atoms with Crippen molar-refractivity contribution in [2.24, 2.45) is 0 Å². The standard InChI is InChI=1S/C24H28N6O3/c1-4-5-10-29(2)23(32)19-14-20-21(26-16-19)30(11-7-12-33-3)24(27-20)28-22(31)18-9-6-8-17(13-18)15-25/h6,8-9,13-14,16H,4-5,7,10-12H2,1-3H3,(H,27,28,31). The summed E-state index contributed by atoms with van der Waals surface area (Å²) in [5, 5.41) is 11.9. The molecule has 3 aromatic rings. The third kappa shape index (κ3) is 5.73. The van der Waals surface area contributed by atoms with Crippen LogP contribution >= 0.6 is 0 Å². The molecule has 3 rings (SSSR count). The van der Waals surface area contributed by atoms with Crippen molar-refractivity contribution in [3.63, 3.8) is 0 Å². The second-order valence-electron chi connectivity index (χ2n) is 7.73. The first-order valence-electron chi connectivity index (χ1n) is 10.9. The molecule has 0 aliphatic heterocycles. The van der Waals surface area contributed by atoms with Crippen molar-refractivity contribution in [2.75, 3.05) is 32.6 Å². The van der Waals surface area contributed by atoms with Gasteiger partial charge in [-0.15, -0.1) is 0 Å². The highest BCUT2D eigenvalue weighted by atomic mass is 16.5. The van der Waals surface area contributed by atoms with Crippen LogP contribution in [0.25, 0.3) is 11.2 Å². The highest BCUT2D eigenvalue weighted by Crippen LogP contribution is 2.21. The third-order valence-corrected chi connectivity index (χ3v) is 5.24. The Morgan fingerprint density at radius 3 is 2.79 bits per heavy atom. The van der Waals surface area contributed by atoms with Gasteiger partial charge in [0, 0.05) is 45.6 Å². The van der Waals surface area contributed by atoms with E-state index in [2.05, 4.69) is 22.2 Å². The smallest absolute Gasteiger partial charge is 0.258 e. The zero-order chi connectivity index (χ0) is 23.8. The molecular weight excluding hydrogens is 420 g/mol. The van der Waals surface area contributed by atoms with Crippen LogP contribution in [0.4, 0.5) is 5.95 Å². The second kappa shape index (κ2) is 11.2. The lowest BCUT2D eigenvalue weighted by Gasteiger charge is -2.16. The van der Waals surface area contributed by atoms with E-state index in [1.165, 1.54) is 6.07 Å². The number of nitriles is 1. The Hall–Kier alpha value is -3.77. The van der Waals surface area contributed by atoms with E-state index in [4.69, 9.17) is 10.00 Å². The molecule has 0 aliphatic rings. The number of rotatable bonds is 10. The van der Waals surface area contributed by atoms with Crippen LogP contribution in [-0.2, 0) is 11.3 Å². The maximum Gasteiger partial charge on any atom is 0.258 e. The summed E-state index contributed by atoms with van der Waals surface area (Å²) in [6, 6.07) is 10.2. The number of hydrogen-bond donors (Lipinski definition) is 1. The minimum atomic E-state index is -0.383. The number of nitrogens with zero attached hydrogens (tertiary/aromatic N) is 5. The van der Waals surface area contributed by atoms with Crippen LogP contribution < -0.4 is 5.32 Å². The van der Waals surface area contributed by atoms with Crippen LogP contribution in [0, 0.1) is 11.3 Å². The number of methoxy groups -OCH3 is 1. The number of aryl methyl sites for hydroxylation is 1. The summed E-state index contributed by atoms with van der Waals surface area (Å²) in [4.78, 5) is 36.3. The van der Waals surface area contributed by atoms with E-state index < -0.39 is 0 Å². The minimum Gasteiger partial charge on any atom is -0.385 e. The van der Waals surface area contributed by atoms with E-state index in [0.717, 1.165) is 12.8 Å². The van der Waals surface area contributed by atoms with Gasteiger partial charge in [0.1, 0.15) is 5.52 Å². The molecule has 1 N–H and O–H groups in total. The Morgan fingerprint density at radius 1 is 1.24 bits per heavy atom. The third-order valence-electron chi connectivity index (χ3n) is 5.24. The second-order valence-corrected chi connectivity index (χ2v) is 7.73. The van der Waals surface area contributed by atoms with E-state index in [-0.39, 0.29) is 11.8 Å². The van der Waals surface area contributed by atoms with Crippen LogP contribution in [0.5, 0.6) is 0 Å². The number of imidazole rings is 1. The molecular formula is C24H28N6O3. The van der Waals surface area contributed by atoms with Gasteiger partial charge in [0.2, 0.25) is 5.95 Å². The fourth-order valence-corrected chi connectivity index (χ4v) is 3.42. The summed E-state index contributed by atoms with van der Waals surface area (Å²) in [6.45, 7) is 3.81. The number of ether oxygens (including phenoxy) is 1. The summed E-state index contributed by atoms with van der Waals surface area (Å²) < 4.78 is 6.96. The number of hydrogen-bond acceptors (Lipinski definition) is 6. The molecule has 2 heterocycles. The first-order valence-corrected chi connectivity index (χ1v) is 10.9. The van der Waals surface area contributed by atoms with E-state index in [9.17, 15) is 9.59 Å². The number of carbonyl (C=O) groups is 2. The molecule has 0 aliphatic carbocycles. The Kier molecular flexibility index (Phi) is 8.11. The molecule has 1 aromatic carbocycles. The van der Waals surface area contributed by atoms with E-state index in [1.54, 1.807) is 54.1 Å². The number of carbonyl (C=O) groups excluding carboxylic acids is 2. The normalized spacial score (nSPS) is 10.7. The van der Waals surface area contributed by atoms with Crippen molar-refractivity contribution in [1.29, 1.82) is 5.26 Å². The van der Waals surface area contributed by atoms with Gasteiger partial charge >= 0.3 is 0 Å². The summed E-state index contributed by atoms with van der Waals surface area (Å²) in [5.41, 5.74) is 2.28. The maximum absolute atomic E-state index is 12.8. The molecule has 33 heavy (non-hydrogen) atoms. The Morgan fingerprint density at radius 2 is 2.06 bits per heavy atom. The average molecular weight is 449 g/mol. The zero-order valence-corrected chi connectivity index (χ0v) is 19.2. The number of fused-ring (bicyclic) bond motifs is 1. The van der Waals surface area contributed by atoms with E-state index in [0.29, 0.717) is 59.9 Å². The van der Waals surface area contributed by atoms with E-state index in [1.807, 2.05) is 6.07 Å². The summed E-state index contributed by atoms with van der Waals surface area (Å²) in [7, 11) is 3.40. The molecule has 0 radical (unpaired) electrons. The van der Waals surface area contributed by atoms with Gasteiger partial charge < -0.3 is 9.64 Å². The van der Waals surface area contributed by atoms with Gasteiger partial charge in [-0.2, -0.15) is 5.26 Å². The largest absolute Gasteiger partial charge is 0.385 e. The Bertz CT molecular complexity index is 1180. The monoisotopic (exact) mass is 448 g/mol. The Balaban J connectivity index is 1.93. The predicted molar refractivity (Wildman–Crippen MR) is 125 cm³/mol. The Labute approximate surface area is 193 Å². The molecule has 0 saturated carbocycles. The van der Waals surface area contributed by atoms with Crippen LogP contribution in [0.3, 0.4) is 0 Å². The molecule has 9 nitrogen and oxygen atoms in total. The quantitative estimate of drug-likeness (QED) is 0.475. The fourth-order valence-electron chi connectivity index (χ4n) is 3.42. The number of nitrogens with one attached hydrogen (secondary N) is 1. The lowest BCUT2D eigenvalue weighted by atomic mass is 10.1. The number of anilines is 1. The van der Waals surface area contributed by atoms with Crippen LogP contribution in [-0.4, -0.2) is 58.6 Å². The van der Waals surface area contributed by atoms with Gasteiger partial charge in [-0.25, -0.2) is 9.97 Å². The number of pyridine rings is 1. The zero-order valence-electron chi connectivity index (χ0n) is 19.2. The molecule has 0 bridgehead atoms. The predicted octanol–water partition coefficient (Wildman–Crippen LogP) is 3.46. The number of benzene rings is 1. The molecule has 0 saturated heterocycles. The van der Waals surface area contributed by atoms with Gasteiger partial charge in [0.05, 0.1) is 17.2 Å². The number of unbranched alkanes of at least 4 members (excludes halogenated alkanes) is 1. The van der Waals surface area contributed by atoms with Crippen LogP contribution in [0.15, 0.2) is 36.5 Å². The molecule has 0 atom stereocenters. The summed E-state index contributed by atoms with van der Waals surface area (Å²) >= 11 is 0. The van der Waals surface area contributed by atoms with Gasteiger partial charge in [0.15, 0.2) is 5.65 Å². The highest BCUT2D eigenvalue weighted by molar-refractivity contribution is 6.04. The van der Waals surface area contributed by atoms with Crippen molar-refractivity contribution in [3.8, 4) is 6.07 Å². The van der Waals surface area contributed by atoms with Crippen molar-refractivity contribution in [2.45, 2.75) is 32.7 Å². The lowest BCUT2D eigenvalue weighted by molar-refractivity contribution is 0.0793. The van der Waals surface area contributed by atoms with Gasteiger partial charge in [0.25, 0.3) is 11.8 Å². The summed E-state index contributed by atoms with van der Waals surface area (Å²) in [5.74, 6) is -0.179. The molecule has 9 heteroatoms. The average Bonchev–Trinajstić information content (AvgIpc) is 3.18. The lowest BCUT2D eigenvalue weighted by Crippen LogP contribution is -2.27. The molecule has 0 spiro atoms. The van der Waals surface area contributed by atoms with Gasteiger partial charge in [-0.1, -0.05) is 19.4 Å². The topological polar surface area (TPSA) is 113 Å². The first kappa shape index (κ1) is 23.9. The molecule has 0 unspecified atom stereocenters. The van der Waals surface area contributed by atoms with Crippen molar-refractivity contribution >= 4 is 28.9 Å². The SMILES string of the molecule is CCCCN(C)C(=O)c1cnc2c(c1)nc(NC(=O)c1cccc(C#N)c1)n2CCCOC. The van der Waals surface area contributed by atoms with Crippen molar-refractivity contribution in [3.05, 3.63) is 53.2 Å². The highest BCUT2D eigenvalue weighted by Gasteiger charge is 2.19. The van der Waals surface area contributed by atoms with E-state index >= 15 is 0 Å². The van der Waals surface area contributed by atoms with Gasteiger partial charge in [-0.3, -0.25) is 19.5 Å². The number of amides is 2. The first-order chi connectivity index (χ1) is 16.0. The minimum absolute atomic E-state index is 0.120. The molecule has 2 amide bonds. The molecule has 172 valence electrons. The molecule has 2 aromatic heterocycles. The maximum atomic E-state index is 12.8. The van der Waals surface area contributed by atoms with Crippen LogP contribution in [0.1, 0.15) is 52.5 Å². The van der Waals surface area contributed by atoms with Crippen LogP contribution in [0.2, 0.25) is 0 Å². The molecule has 0 fully saturated rings. The number of aromatic nitrogens is 3. The van der Waals surface area contributed by atoms with Gasteiger partial charge in [-0.05, 0) is 37.1 Å². The van der Waals surface area contributed by atoms with Crippen molar-refractivity contribution in [1.82, 2.24) is 19.4 Å². The summed E-state index contributed by atoms with van der Waals surface area (Å²) in [6.07, 6.45) is 4.16.